The SMILES string of the molecule is C=C1[C@@H](C)[C@H]2[C@H](Cc3ccccc3)NC(=O)[C@]23OC(=O)/C=C/C[C@@H](O)CC[C@@H](C)C/C=C/[C@H]3[C@@H]1O. The van der Waals surface area contributed by atoms with Gasteiger partial charge in [0.05, 0.1) is 18.1 Å². The third-order valence-electron chi connectivity index (χ3n) is 8.04. The van der Waals surface area contributed by atoms with Crippen LogP contribution in [0.5, 0.6) is 0 Å². The summed E-state index contributed by atoms with van der Waals surface area (Å²) in [6, 6.07) is 9.62. The maximum Gasteiger partial charge on any atom is 0.331 e. The van der Waals surface area contributed by atoms with Crippen LogP contribution in [0.3, 0.4) is 0 Å². The number of rotatable bonds is 2. The van der Waals surface area contributed by atoms with E-state index in [1.54, 1.807) is 6.08 Å². The van der Waals surface area contributed by atoms with Crippen LogP contribution in [0.2, 0.25) is 0 Å². The summed E-state index contributed by atoms with van der Waals surface area (Å²) in [5.74, 6) is -2.08. The molecule has 0 bridgehead atoms. The molecule has 2 aliphatic heterocycles. The van der Waals surface area contributed by atoms with Gasteiger partial charge in [-0.1, -0.05) is 69.0 Å². The van der Waals surface area contributed by atoms with Gasteiger partial charge in [-0.2, -0.15) is 0 Å². The molecule has 1 saturated carbocycles. The van der Waals surface area contributed by atoms with Gasteiger partial charge in [-0.05, 0) is 55.1 Å². The van der Waals surface area contributed by atoms with Crippen molar-refractivity contribution in [3.8, 4) is 0 Å². The first-order valence-corrected chi connectivity index (χ1v) is 12.7. The van der Waals surface area contributed by atoms with Crippen molar-refractivity contribution in [2.75, 3.05) is 0 Å². The van der Waals surface area contributed by atoms with Crippen molar-refractivity contribution in [3.63, 3.8) is 0 Å². The van der Waals surface area contributed by atoms with E-state index in [2.05, 4.69) is 18.8 Å². The van der Waals surface area contributed by atoms with Gasteiger partial charge in [0.15, 0.2) is 0 Å². The number of carbonyl (C=O) groups is 2. The Morgan fingerprint density at radius 1 is 1.09 bits per heavy atom. The normalized spacial score (nSPS) is 40.0. The summed E-state index contributed by atoms with van der Waals surface area (Å²) in [6.45, 7) is 8.25. The molecule has 2 heterocycles. The number of carbonyl (C=O) groups excluding carboxylic acids is 2. The van der Waals surface area contributed by atoms with Crippen LogP contribution < -0.4 is 5.32 Å². The zero-order valence-electron chi connectivity index (χ0n) is 20.6. The molecule has 3 N–H and O–H groups in total. The molecule has 0 unspecified atom stereocenters. The fourth-order valence-electron chi connectivity index (χ4n) is 6.05. The summed E-state index contributed by atoms with van der Waals surface area (Å²) < 4.78 is 6.07. The van der Waals surface area contributed by atoms with Gasteiger partial charge in [-0.25, -0.2) is 4.79 Å². The second-order valence-corrected chi connectivity index (χ2v) is 10.5. The summed E-state index contributed by atoms with van der Waals surface area (Å²) in [5.41, 5.74) is 0.170. The van der Waals surface area contributed by atoms with Crippen LogP contribution in [0.4, 0.5) is 0 Å². The van der Waals surface area contributed by atoms with Crippen molar-refractivity contribution in [2.24, 2.45) is 23.7 Å². The molecule has 1 amide bonds. The molecule has 6 nitrogen and oxygen atoms in total. The number of esters is 1. The minimum atomic E-state index is -1.55. The van der Waals surface area contributed by atoms with Crippen molar-refractivity contribution in [1.29, 1.82) is 0 Å². The topological polar surface area (TPSA) is 95.9 Å². The zero-order valence-corrected chi connectivity index (χ0v) is 20.6. The van der Waals surface area contributed by atoms with E-state index >= 15 is 0 Å². The van der Waals surface area contributed by atoms with Crippen LogP contribution in [-0.2, 0) is 20.7 Å². The van der Waals surface area contributed by atoms with Gasteiger partial charge in [0.25, 0.3) is 5.91 Å². The van der Waals surface area contributed by atoms with Crippen LogP contribution in [-0.4, -0.2) is 45.9 Å². The molecule has 6 heteroatoms. The lowest BCUT2D eigenvalue weighted by molar-refractivity contribution is -0.182. The molecule has 35 heavy (non-hydrogen) atoms. The number of aliphatic hydroxyl groups excluding tert-OH is 2. The molecule has 4 rings (SSSR count). The van der Waals surface area contributed by atoms with Crippen molar-refractivity contribution in [2.45, 2.75) is 69.8 Å². The van der Waals surface area contributed by atoms with Gasteiger partial charge in [0.2, 0.25) is 5.60 Å². The van der Waals surface area contributed by atoms with Gasteiger partial charge in [0, 0.05) is 18.0 Å². The quantitative estimate of drug-likeness (QED) is 0.446. The first-order chi connectivity index (χ1) is 16.7. The van der Waals surface area contributed by atoms with Gasteiger partial charge in [-0.15, -0.1) is 0 Å². The van der Waals surface area contributed by atoms with Crippen LogP contribution in [0, 0.1) is 23.7 Å². The predicted octanol–water partition coefficient (Wildman–Crippen LogP) is 3.49. The summed E-state index contributed by atoms with van der Waals surface area (Å²) in [6.07, 6.45) is 8.32. The van der Waals surface area contributed by atoms with Crippen LogP contribution in [0.25, 0.3) is 0 Å². The van der Waals surface area contributed by atoms with Crippen LogP contribution >= 0.6 is 0 Å². The molecule has 1 saturated heterocycles. The summed E-state index contributed by atoms with van der Waals surface area (Å²) in [5, 5.41) is 24.7. The standard InChI is InChI=1S/C29H37NO5/c1-18-9-7-13-23-27(33)20(3)19(2)26-24(17-21-10-5-4-6-11-21)30-28(34)29(23,26)35-25(32)14-8-12-22(31)16-15-18/h4-8,10-11,13-14,18-19,22-24,26-27,31,33H,3,9,12,15-17H2,1-2H3,(H,30,34)/b13-7+,14-8+/t18-,19+,22+,23-,24-,26-,27+,29+/m0/s1. The third-order valence-corrected chi connectivity index (χ3v) is 8.04. The summed E-state index contributed by atoms with van der Waals surface area (Å²) >= 11 is 0. The highest BCUT2D eigenvalue weighted by Crippen LogP contribution is 2.52. The van der Waals surface area contributed by atoms with Gasteiger partial charge >= 0.3 is 5.97 Å². The fourth-order valence-corrected chi connectivity index (χ4v) is 6.05. The second-order valence-electron chi connectivity index (χ2n) is 10.5. The molecule has 2 fully saturated rings. The number of ether oxygens (including phenoxy) is 1. The average Bonchev–Trinajstić information content (AvgIpc) is 3.09. The minimum absolute atomic E-state index is 0.251. The highest BCUT2D eigenvalue weighted by atomic mass is 16.6. The monoisotopic (exact) mass is 479 g/mol. The minimum Gasteiger partial charge on any atom is -0.445 e. The van der Waals surface area contributed by atoms with Gasteiger partial charge in [-0.3, -0.25) is 4.79 Å². The number of aliphatic hydroxyl groups is 2. The van der Waals surface area contributed by atoms with E-state index in [9.17, 15) is 19.8 Å². The highest BCUT2D eigenvalue weighted by Gasteiger charge is 2.67. The van der Waals surface area contributed by atoms with Gasteiger partial charge in [0.1, 0.15) is 0 Å². The number of nitrogens with one attached hydrogen (secondary N) is 1. The molecule has 8 atom stereocenters. The van der Waals surface area contributed by atoms with Crippen molar-refractivity contribution < 1.29 is 24.5 Å². The lowest BCUT2D eigenvalue weighted by Gasteiger charge is -2.49. The Labute approximate surface area is 207 Å². The van der Waals surface area contributed by atoms with Crippen LogP contribution in [0.15, 0.2) is 66.8 Å². The Hall–Kier alpha value is -2.70. The Bertz CT molecular complexity index is 1000. The Kier molecular flexibility index (Phi) is 7.62. The largest absolute Gasteiger partial charge is 0.445 e. The molecule has 0 radical (unpaired) electrons. The fraction of sp³-hybridized carbons (Fsp3) is 0.517. The molecule has 1 aliphatic carbocycles. The lowest BCUT2D eigenvalue weighted by Crippen LogP contribution is -2.61. The molecule has 1 aromatic carbocycles. The Morgan fingerprint density at radius 3 is 2.57 bits per heavy atom. The smallest absolute Gasteiger partial charge is 0.331 e. The van der Waals surface area contributed by atoms with E-state index < -0.39 is 35.6 Å². The first kappa shape index (κ1) is 25.4. The van der Waals surface area contributed by atoms with Gasteiger partial charge < -0.3 is 20.3 Å². The molecule has 188 valence electrons. The maximum atomic E-state index is 13.7. The van der Waals surface area contributed by atoms with Crippen molar-refractivity contribution in [1.82, 2.24) is 5.32 Å². The predicted molar refractivity (Wildman–Crippen MR) is 134 cm³/mol. The van der Waals surface area contributed by atoms with E-state index in [1.807, 2.05) is 49.4 Å². The summed E-state index contributed by atoms with van der Waals surface area (Å²) in [7, 11) is 0. The van der Waals surface area contributed by atoms with E-state index in [0.717, 1.165) is 18.4 Å². The number of allylic oxidation sites excluding steroid dienone is 1. The molecular formula is C29H37NO5. The van der Waals surface area contributed by atoms with Crippen LogP contribution in [0.1, 0.15) is 45.1 Å². The molecular weight excluding hydrogens is 442 g/mol. The molecule has 0 aromatic heterocycles. The number of hydrogen-bond donors (Lipinski definition) is 3. The lowest BCUT2D eigenvalue weighted by atomic mass is 9.59. The van der Waals surface area contributed by atoms with E-state index in [1.165, 1.54) is 6.08 Å². The van der Waals surface area contributed by atoms with E-state index in [0.29, 0.717) is 30.8 Å². The van der Waals surface area contributed by atoms with E-state index in [-0.39, 0.29) is 17.9 Å². The first-order valence-electron chi connectivity index (χ1n) is 12.7. The molecule has 3 aliphatic rings. The molecule has 1 aromatic rings. The number of benzene rings is 1. The number of hydrogen-bond acceptors (Lipinski definition) is 5. The molecule has 1 spiro atoms. The second kappa shape index (κ2) is 10.5. The average molecular weight is 480 g/mol. The van der Waals surface area contributed by atoms with Crippen molar-refractivity contribution >= 4 is 11.9 Å². The Balaban J connectivity index is 1.77. The number of amides is 1. The highest BCUT2D eigenvalue weighted by molar-refractivity contribution is 5.94. The Morgan fingerprint density at radius 2 is 1.83 bits per heavy atom. The third kappa shape index (κ3) is 5.00. The summed E-state index contributed by atoms with van der Waals surface area (Å²) in [4.78, 5) is 26.7. The zero-order chi connectivity index (χ0) is 25.2. The maximum absolute atomic E-state index is 13.7. The van der Waals surface area contributed by atoms with E-state index in [4.69, 9.17) is 4.74 Å². The van der Waals surface area contributed by atoms with Crippen molar-refractivity contribution in [3.05, 3.63) is 72.4 Å².